The molecule has 0 saturated carbocycles. The summed E-state index contributed by atoms with van der Waals surface area (Å²) in [6, 6.07) is 14.4. The first-order valence-corrected chi connectivity index (χ1v) is 6.47. The van der Waals surface area contributed by atoms with E-state index in [0.717, 1.165) is 0 Å². The van der Waals surface area contributed by atoms with E-state index in [-0.39, 0.29) is 5.97 Å². The summed E-state index contributed by atoms with van der Waals surface area (Å²) in [7, 11) is 1.35. The fourth-order valence-corrected chi connectivity index (χ4v) is 2.45. The molecule has 0 fully saturated rings. The lowest BCUT2D eigenvalue weighted by Crippen LogP contribution is -2.16. The van der Waals surface area contributed by atoms with Crippen LogP contribution in [0.2, 0.25) is 10.0 Å². The van der Waals surface area contributed by atoms with Gasteiger partial charge in [0.1, 0.15) is 5.92 Å². The van der Waals surface area contributed by atoms with Gasteiger partial charge in [0.05, 0.1) is 7.11 Å². The number of esters is 1. The van der Waals surface area contributed by atoms with Gasteiger partial charge < -0.3 is 4.74 Å². The molecule has 0 aromatic heterocycles. The summed E-state index contributed by atoms with van der Waals surface area (Å²) in [6.07, 6.45) is 0. The fourth-order valence-electron chi connectivity index (χ4n) is 1.96. The number of hydrogen-bond acceptors (Lipinski definition) is 2. The number of carbonyl (C=O) groups is 1. The van der Waals surface area contributed by atoms with Crippen LogP contribution in [-0.2, 0) is 9.53 Å². The summed E-state index contributed by atoms with van der Waals surface area (Å²) in [5, 5.41) is 1.02. The Morgan fingerprint density at radius 2 is 1.37 bits per heavy atom. The van der Waals surface area contributed by atoms with Crippen LogP contribution in [0.4, 0.5) is 0 Å². The molecular formula is C15H12Cl2O2. The van der Waals surface area contributed by atoms with Gasteiger partial charge in [-0.25, -0.2) is 0 Å². The summed E-state index contributed by atoms with van der Waals surface area (Å²) in [4.78, 5) is 12.1. The zero-order chi connectivity index (χ0) is 13.8. The van der Waals surface area contributed by atoms with E-state index in [4.69, 9.17) is 27.9 Å². The Kier molecular flexibility index (Phi) is 4.46. The van der Waals surface area contributed by atoms with Crippen LogP contribution in [0.15, 0.2) is 48.5 Å². The minimum Gasteiger partial charge on any atom is -0.468 e. The van der Waals surface area contributed by atoms with Crippen molar-refractivity contribution in [2.45, 2.75) is 5.92 Å². The Bertz CT molecular complexity index is 551. The van der Waals surface area contributed by atoms with Gasteiger partial charge in [-0.2, -0.15) is 0 Å². The van der Waals surface area contributed by atoms with Crippen LogP contribution in [0.1, 0.15) is 17.0 Å². The number of methoxy groups -OCH3 is 1. The summed E-state index contributed by atoms with van der Waals surface area (Å²) >= 11 is 12.3. The molecule has 0 unspecified atom stereocenters. The summed E-state index contributed by atoms with van der Waals surface area (Å²) in [5.41, 5.74) is 1.37. The molecule has 0 saturated heterocycles. The van der Waals surface area contributed by atoms with Crippen molar-refractivity contribution in [2.75, 3.05) is 7.11 Å². The Balaban J connectivity index is 2.58. The molecule has 2 rings (SSSR count). The molecule has 0 bridgehead atoms. The van der Waals surface area contributed by atoms with Crippen molar-refractivity contribution in [3.05, 3.63) is 69.7 Å². The van der Waals surface area contributed by atoms with E-state index in [1.807, 2.05) is 24.3 Å². The third kappa shape index (κ3) is 2.91. The van der Waals surface area contributed by atoms with Crippen LogP contribution in [0.3, 0.4) is 0 Å². The first-order valence-electron chi connectivity index (χ1n) is 5.72. The second kappa shape index (κ2) is 6.09. The maximum Gasteiger partial charge on any atom is 0.317 e. The van der Waals surface area contributed by atoms with Crippen LogP contribution < -0.4 is 0 Å². The van der Waals surface area contributed by atoms with Crippen LogP contribution >= 0.6 is 23.2 Å². The molecule has 19 heavy (non-hydrogen) atoms. The van der Waals surface area contributed by atoms with Gasteiger partial charge in [0.25, 0.3) is 0 Å². The van der Waals surface area contributed by atoms with Crippen molar-refractivity contribution in [3.8, 4) is 0 Å². The third-order valence-electron chi connectivity index (χ3n) is 2.87. The number of rotatable bonds is 3. The van der Waals surface area contributed by atoms with Crippen molar-refractivity contribution in [3.63, 3.8) is 0 Å². The van der Waals surface area contributed by atoms with Crippen LogP contribution in [-0.4, -0.2) is 13.1 Å². The minimum atomic E-state index is -0.618. The standard InChI is InChI=1S/C15H12Cl2O2/c1-19-15(18)14(10-6-2-4-8-12(10)16)11-7-3-5-9-13(11)17/h2-9,14H,1H3. The monoisotopic (exact) mass is 294 g/mol. The van der Waals surface area contributed by atoms with E-state index < -0.39 is 5.92 Å². The number of carbonyl (C=O) groups excluding carboxylic acids is 1. The van der Waals surface area contributed by atoms with Gasteiger partial charge in [0.2, 0.25) is 0 Å². The number of halogens is 2. The molecule has 98 valence electrons. The molecule has 0 heterocycles. The number of benzene rings is 2. The van der Waals surface area contributed by atoms with Crippen LogP contribution in [0, 0.1) is 0 Å². The zero-order valence-electron chi connectivity index (χ0n) is 10.3. The van der Waals surface area contributed by atoms with Crippen LogP contribution in [0.5, 0.6) is 0 Å². The third-order valence-corrected chi connectivity index (χ3v) is 3.56. The summed E-state index contributed by atoms with van der Waals surface area (Å²) in [6.45, 7) is 0. The van der Waals surface area contributed by atoms with Gasteiger partial charge in [-0.1, -0.05) is 59.6 Å². The van der Waals surface area contributed by atoms with Crippen molar-refractivity contribution in [1.82, 2.24) is 0 Å². The summed E-state index contributed by atoms with van der Waals surface area (Å²) in [5.74, 6) is -1.01. The smallest absolute Gasteiger partial charge is 0.317 e. The van der Waals surface area contributed by atoms with Gasteiger partial charge in [-0.3, -0.25) is 4.79 Å². The van der Waals surface area contributed by atoms with E-state index in [9.17, 15) is 4.79 Å². The Morgan fingerprint density at radius 3 is 1.74 bits per heavy atom. The molecule has 0 aliphatic heterocycles. The molecule has 0 N–H and O–H groups in total. The molecule has 0 aliphatic rings. The normalized spacial score (nSPS) is 10.5. The van der Waals surface area contributed by atoms with Gasteiger partial charge in [0, 0.05) is 10.0 Å². The van der Waals surface area contributed by atoms with Crippen molar-refractivity contribution >= 4 is 29.2 Å². The molecular weight excluding hydrogens is 283 g/mol. The van der Waals surface area contributed by atoms with Crippen molar-refractivity contribution in [1.29, 1.82) is 0 Å². The molecule has 0 aliphatic carbocycles. The van der Waals surface area contributed by atoms with Gasteiger partial charge in [-0.05, 0) is 23.3 Å². The molecule has 2 nitrogen and oxygen atoms in total. The van der Waals surface area contributed by atoms with Crippen molar-refractivity contribution in [2.24, 2.45) is 0 Å². The highest BCUT2D eigenvalue weighted by molar-refractivity contribution is 6.32. The van der Waals surface area contributed by atoms with E-state index >= 15 is 0 Å². The summed E-state index contributed by atoms with van der Waals surface area (Å²) < 4.78 is 4.87. The second-order valence-corrected chi connectivity index (χ2v) is 4.81. The predicted octanol–water partition coefficient (Wildman–Crippen LogP) is 4.30. The first kappa shape index (κ1) is 13.9. The molecule has 2 aromatic rings. The van der Waals surface area contributed by atoms with Crippen LogP contribution in [0.25, 0.3) is 0 Å². The molecule has 4 heteroatoms. The van der Waals surface area contributed by atoms with Gasteiger partial charge in [-0.15, -0.1) is 0 Å². The lowest BCUT2D eigenvalue weighted by Gasteiger charge is -2.18. The lowest BCUT2D eigenvalue weighted by atomic mass is 9.91. The lowest BCUT2D eigenvalue weighted by molar-refractivity contribution is -0.141. The quantitative estimate of drug-likeness (QED) is 0.789. The Morgan fingerprint density at radius 1 is 0.947 bits per heavy atom. The highest BCUT2D eigenvalue weighted by Crippen LogP contribution is 2.34. The maximum absolute atomic E-state index is 12.1. The van der Waals surface area contributed by atoms with E-state index in [1.54, 1.807) is 24.3 Å². The predicted molar refractivity (Wildman–Crippen MR) is 76.8 cm³/mol. The van der Waals surface area contributed by atoms with E-state index in [0.29, 0.717) is 21.2 Å². The Labute approximate surface area is 121 Å². The largest absolute Gasteiger partial charge is 0.468 e. The highest BCUT2D eigenvalue weighted by Gasteiger charge is 2.27. The minimum absolute atomic E-state index is 0.388. The fraction of sp³-hybridized carbons (Fsp3) is 0.133. The number of hydrogen-bond donors (Lipinski definition) is 0. The highest BCUT2D eigenvalue weighted by atomic mass is 35.5. The average Bonchev–Trinajstić information content (AvgIpc) is 2.43. The van der Waals surface area contributed by atoms with Crippen molar-refractivity contribution < 1.29 is 9.53 Å². The van der Waals surface area contributed by atoms with E-state index in [1.165, 1.54) is 7.11 Å². The number of ether oxygens (including phenoxy) is 1. The molecule has 0 radical (unpaired) electrons. The molecule has 2 aromatic carbocycles. The maximum atomic E-state index is 12.1. The van der Waals surface area contributed by atoms with E-state index in [2.05, 4.69) is 0 Å². The average molecular weight is 295 g/mol. The zero-order valence-corrected chi connectivity index (χ0v) is 11.8. The molecule has 0 amide bonds. The Hall–Kier alpha value is -1.51. The topological polar surface area (TPSA) is 26.3 Å². The van der Waals surface area contributed by atoms with Gasteiger partial charge >= 0.3 is 5.97 Å². The van der Waals surface area contributed by atoms with Gasteiger partial charge in [0.15, 0.2) is 0 Å². The second-order valence-electron chi connectivity index (χ2n) is 4.00. The SMILES string of the molecule is COC(=O)C(c1ccccc1Cl)c1ccccc1Cl. The molecule has 0 spiro atoms. The first-order chi connectivity index (χ1) is 9.15. The molecule has 0 atom stereocenters.